The Morgan fingerprint density at radius 3 is 2.67 bits per heavy atom. The second-order valence-corrected chi connectivity index (χ2v) is 4.20. The van der Waals surface area contributed by atoms with E-state index >= 15 is 0 Å². The van der Waals surface area contributed by atoms with Crippen molar-refractivity contribution in [2.45, 2.75) is 26.7 Å². The maximum absolute atomic E-state index is 11.7. The predicted octanol–water partition coefficient (Wildman–Crippen LogP) is 1.41. The molecule has 0 atom stereocenters. The number of carbonyl (C=O) groups excluding carboxylic acids is 2. The van der Waals surface area contributed by atoms with Gasteiger partial charge in [0.1, 0.15) is 5.69 Å². The van der Waals surface area contributed by atoms with Crippen molar-refractivity contribution in [1.29, 1.82) is 0 Å². The summed E-state index contributed by atoms with van der Waals surface area (Å²) in [4.78, 5) is 23.0. The van der Waals surface area contributed by atoms with Crippen LogP contribution in [0.2, 0.25) is 0 Å². The van der Waals surface area contributed by atoms with Gasteiger partial charge in [-0.3, -0.25) is 4.79 Å². The summed E-state index contributed by atoms with van der Waals surface area (Å²) >= 11 is 0. The molecule has 1 aromatic heterocycles. The molecule has 0 aromatic carbocycles. The van der Waals surface area contributed by atoms with E-state index in [0.29, 0.717) is 12.2 Å². The number of amides is 1. The molecule has 1 amide bonds. The zero-order valence-electron chi connectivity index (χ0n) is 11.2. The number of nitrogens with one attached hydrogen (secondary N) is 1. The lowest BCUT2D eigenvalue weighted by molar-refractivity contribution is -0.124. The van der Waals surface area contributed by atoms with Crippen molar-refractivity contribution in [3.8, 4) is 0 Å². The second kappa shape index (κ2) is 6.83. The van der Waals surface area contributed by atoms with Gasteiger partial charge >= 0.3 is 5.97 Å². The first kappa shape index (κ1) is 14.3. The van der Waals surface area contributed by atoms with Crippen LogP contribution < -0.4 is 5.32 Å². The van der Waals surface area contributed by atoms with E-state index in [-0.39, 0.29) is 12.5 Å². The molecule has 0 unspecified atom stereocenters. The van der Waals surface area contributed by atoms with Crippen LogP contribution in [0.25, 0.3) is 0 Å². The molecule has 100 valence electrons. The minimum Gasteiger partial charge on any atom is -0.451 e. The smallest absolute Gasteiger partial charge is 0.355 e. The zero-order valence-corrected chi connectivity index (χ0v) is 11.2. The van der Waals surface area contributed by atoms with Crippen molar-refractivity contribution in [2.75, 3.05) is 13.2 Å². The maximum atomic E-state index is 11.7. The van der Waals surface area contributed by atoms with Gasteiger partial charge in [0, 0.05) is 19.3 Å². The van der Waals surface area contributed by atoms with E-state index < -0.39 is 5.97 Å². The molecule has 0 saturated carbocycles. The third-order valence-electron chi connectivity index (χ3n) is 2.77. The van der Waals surface area contributed by atoms with E-state index in [1.165, 1.54) is 0 Å². The Kier molecular flexibility index (Phi) is 5.42. The molecule has 0 bridgehead atoms. The Balaban J connectivity index is 2.37. The number of hydrogen-bond donors (Lipinski definition) is 1. The first-order valence-corrected chi connectivity index (χ1v) is 6.12. The Labute approximate surface area is 107 Å². The van der Waals surface area contributed by atoms with Gasteiger partial charge in [0.05, 0.1) is 0 Å². The Morgan fingerprint density at radius 1 is 1.39 bits per heavy atom. The summed E-state index contributed by atoms with van der Waals surface area (Å²) in [7, 11) is 1.78. The molecule has 1 aromatic rings. The van der Waals surface area contributed by atoms with E-state index in [0.717, 1.165) is 18.5 Å². The quantitative estimate of drug-likeness (QED) is 0.615. The van der Waals surface area contributed by atoms with E-state index in [1.807, 2.05) is 19.9 Å². The third kappa shape index (κ3) is 3.91. The van der Waals surface area contributed by atoms with Gasteiger partial charge in [-0.2, -0.15) is 0 Å². The fraction of sp³-hybridized carbons (Fsp3) is 0.538. The molecule has 5 nitrogen and oxygen atoms in total. The van der Waals surface area contributed by atoms with Gasteiger partial charge in [-0.1, -0.05) is 13.3 Å². The molecular weight excluding hydrogens is 232 g/mol. The average Bonchev–Trinajstić information content (AvgIpc) is 2.67. The minimum atomic E-state index is -0.476. The number of unbranched alkanes of at least 4 members (excludes halogenated alkanes) is 1. The van der Waals surface area contributed by atoms with Gasteiger partial charge in [0.15, 0.2) is 6.61 Å². The van der Waals surface area contributed by atoms with E-state index in [2.05, 4.69) is 5.32 Å². The van der Waals surface area contributed by atoms with Crippen molar-refractivity contribution < 1.29 is 14.3 Å². The lowest BCUT2D eigenvalue weighted by Crippen LogP contribution is -2.29. The molecule has 1 N–H and O–H groups in total. The molecule has 0 fully saturated rings. The lowest BCUT2D eigenvalue weighted by Gasteiger charge is -2.07. The fourth-order valence-electron chi connectivity index (χ4n) is 1.48. The van der Waals surface area contributed by atoms with Gasteiger partial charge in [0.25, 0.3) is 5.91 Å². The molecule has 0 saturated heterocycles. The van der Waals surface area contributed by atoms with Gasteiger partial charge in [-0.15, -0.1) is 0 Å². The summed E-state index contributed by atoms with van der Waals surface area (Å²) in [6.07, 6.45) is 1.94. The first-order valence-electron chi connectivity index (χ1n) is 6.12. The lowest BCUT2D eigenvalue weighted by atomic mass is 10.3. The van der Waals surface area contributed by atoms with Crippen LogP contribution in [0.15, 0.2) is 12.1 Å². The van der Waals surface area contributed by atoms with Gasteiger partial charge in [0.2, 0.25) is 0 Å². The maximum Gasteiger partial charge on any atom is 0.355 e. The van der Waals surface area contributed by atoms with Crippen LogP contribution in [0.5, 0.6) is 0 Å². The number of rotatable bonds is 6. The van der Waals surface area contributed by atoms with Crippen molar-refractivity contribution in [2.24, 2.45) is 7.05 Å². The summed E-state index contributed by atoms with van der Waals surface area (Å²) in [6.45, 7) is 4.33. The predicted molar refractivity (Wildman–Crippen MR) is 68.4 cm³/mol. The largest absolute Gasteiger partial charge is 0.451 e. The van der Waals surface area contributed by atoms with Crippen molar-refractivity contribution in [3.63, 3.8) is 0 Å². The minimum absolute atomic E-state index is 0.229. The normalized spacial score (nSPS) is 10.2. The van der Waals surface area contributed by atoms with Crippen LogP contribution in [0.1, 0.15) is 35.9 Å². The van der Waals surface area contributed by atoms with E-state index in [4.69, 9.17) is 4.74 Å². The van der Waals surface area contributed by atoms with Crippen LogP contribution >= 0.6 is 0 Å². The number of hydrogen-bond acceptors (Lipinski definition) is 3. The van der Waals surface area contributed by atoms with Gasteiger partial charge in [-0.25, -0.2) is 4.79 Å². The fourth-order valence-corrected chi connectivity index (χ4v) is 1.48. The topological polar surface area (TPSA) is 60.3 Å². The summed E-state index contributed by atoms with van der Waals surface area (Å²) in [6, 6.07) is 3.52. The molecule has 1 heterocycles. The first-order chi connectivity index (χ1) is 8.56. The highest BCUT2D eigenvalue weighted by Crippen LogP contribution is 2.07. The molecule has 0 spiro atoms. The molecular formula is C13H20N2O3. The van der Waals surface area contributed by atoms with Crippen LogP contribution in [0, 0.1) is 6.92 Å². The second-order valence-electron chi connectivity index (χ2n) is 4.20. The zero-order chi connectivity index (χ0) is 13.5. The van der Waals surface area contributed by atoms with Crippen molar-refractivity contribution >= 4 is 11.9 Å². The van der Waals surface area contributed by atoms with Gasteiger partial charge in [-0.05, 0) is 25.5 Å². The van der Waals surface area contributed by atoms with Crippen molar-refractivity contribution in [1.82, 2.24) is 9.88 Å². The summed E-state index contributed by atoms with van der Waals surface area (Å²) in [5.74, 6) is -0.737. The van der Waals surface area contributed by atoms with Crippen LogP contribution in [0.3, 0.4) is 0 Å². The van der Waals surface area contributed by atoms with Crippen LogP contribution in [-0.4, -0.2) is 29.6 Å². The molecule has 0 aliphatic rings. The number of aryl methyl sites for hydroxylation is 1. The highest BCUT2D eigenvalue weighted by molar-refractivity contribution is 5.90. The molecule has 0 aliphatic heterocycles. The van der Waals surface area contributed by atoms with Gasteiger partial charge < -0.3 is 14.6 Å². The van der Waals surface area contributed by atoms with E-state index in [1.54, 1.807) is 17.7 Å². The summed E-state index contributed by atoms with van der Waals surface area (Å²) in [5.41, 5.74) is 1.42. The van der Waals surface area contributed by atoms with E-state index in [9.17, 15) is 9.59 Å². The monoisotopic (exact) mass is 252 g/mol. The van der Waals surface area contributed by atoms with Crippen LogP contribution in [-0.2, 0) is 16.6 Å². The standard InChI is InChI=1S/C13H20N2O3/c1-4-5-8-14-12(16)9-18-13(17)11-7-6-10(2)15(11)3/h6-7H,4-5,8-9H2,1-3H3,(H,14,16). The number of esters is 1. The van der Waals surface area contributed by atoms with Crippen molar-refractivity contribution in [3.05, 3.63) is 23.5 Å². The summed E-state index contributed by atoms with van der Waals surface area (Å²) in [5, 5.41) is 2.69. The number of aromatic nitrogens is 1. The molecule has 0 radical (unpaired) electrons. The Hall–Kier alpha value is -1.78. The SMILES string of the molecule is CCCCNC(=O)COC(=O)c1ccc(C)n1C. The Bertz CT molecular complexity index is 424. The average molecular weight is 252 g/mol. The highest BCUT2D eigenvalue weighted by Gasteiger charge is 2.13. The molecule has 0 aliphatic carbocycles. The molecule has 5 heteroatoms. The molecule has 1 rings (SSSR count). The molecule has 18 heavy (non-hydrogen) atoms. The number of ether oxygens (including phenoxy) is 1. The third-order valence-corrected chi connectivity index (χ3v) is 2.77. The summed E-state index contributed by atoms with van der Waals surface area (Å²) < 4.78 is 6.68. The van der Waals surface area contributed by atoms with Crippen LogP contribution in [0.4, 0.5) is 0 Å². The number of nitrogens with zero attached hydrogens (tertiary/aromatic N) is 1. The highest BCUT2D eigenvalue weighted by atomic mass is 16.5. The number of carbonyl (C=O) groups is 2. The Morgan fingerprint density at radius 2 is 2.11 bits per heavy atom.